The lowest BCUT2D eigenvalue weighted by Crippen LogP contribution is -2.36. The average Bonchev–Trinajstić information content (AvgIpc) is 2.38. The van der Waals surface area contributed by atoms with E-state index in [2.05, 4.69) is 12.1 Å². The Morgan fingerprint density at radius 3 is 2.35 bits per heavy atom. The van der Waals surface area contributed by atoms with Crippen molar-refractivity contribution in [2.75, 3.05) is 13.1 Å². The molecule has 94 valence electrons. The number of amides is 1. The van der Waals surface area contributed by atoms with Crippen LogP contribution < -0.4 is 0 Å². The molecule has 0 aliphatic rings. The van der Waals surface area contributed by atoms with Gasteiger partial charge < -0.3 is 4.90 Å². The quantitative estimate of drug-likeness (QED) is 0.774. The second-order valence-electron chi connectivity index (χ2n) is 3.95. The zero-order chi connectivity index (χ0) is 12.7. The molecule has 1 atom stereocenters. The maximum absolute atomic E-state index is 12.0. The van der Waals surface area contributed by atoms with Crippen LogP contribution in [-0.2, 0) is 10.5 Å². The van der Waals surface area contributed by atoms with Crippen molar-refractivity contribution < 1.29 is 4.79 Å². The molecule has 1 aromatic rings. The summed E-state index contributed by atoms with van der Waals surface area (Å²) < 4.78 is 0. The van der Waals surface area contributed by atoms with E-state index < -0.39 is 0 Å². The van der Waals surface area contributed by atoms with Crippen LogP contribution in [0.1, 0.15) is 26.3 Å². The summed E-state index contributed by atoms with van der Waals surface area (Å²) in [4.78, 5) is 13.9. The molecule has 17 heavy (non-hydrogen) atoms. The average molecular weight is 251 g/mol. The fourth-order valence-electron chi connectivity index (χ4n) is 1.66. The highest BCUT2D eigenvalue weighted by Gasteiger charge is 2.18. The lowest BCUT2D eigenvalue weighted by molar-refractivity contribution is -0.129. The van der Waals surface area contributed by atoms with Crippen molar-refractivity contribution >= 4 is 17.7 Å². The normalized spacial score (nSPS) is 12.2. The third-order valence-corrected chi connectivity index (χ3v) is 3.97. The van der Waals surface area contributed by atoms with Crippen LogP contribution in [0.25, 0.3) is 0 Å². The summed E-state index contributed by atoms with van der Waals surface area (Å²) in [6.45, 7) is 7.64. The van der Waals surface area contributed by atoms with E-state index in [0.29, 0.717) is 0 Å². The van der Waals surface area contributed by atoms with Crippen LogP contribution in [0.3, 0.4) is 0 Å². The Morgan fingerprint density at radius 2 is 1.82 bits per heavy atom. The van der Waals surface area contributed by atoms with Crippen LogP contribution in [0, 0.1) is 0 Å². The Kier molecular flexibility index (Phi) is 6.12. The van der Waals surface area contributed by atoms with Crippen molar-refractivity contribution in [3.05, 3.63) is 35.9 Å². The molecule has 0 aromatic heterocycles. The van der Waals surface area contributed by atoms with Crippen LogP contribution in [0.4, 0.5) is 0 Å². The zero-order valence-corrected chi connectivity index (χ0v) is 11.7. The molecule has 0 bridgehead atoms. The first-order valence-electron chi connectivity index (χ1n) is 6.13. The second-order valence-corrected chi connectivity index (χ2v) is 5.28. The topological polar surface area (TPSA) is 20.3 Å². The van der Waals surface area contributed by atoms with Gasteiger partial charge in [-0.15, -0.1) is 11.8 Å². The summed E-state index contributed by atoms with van der Waals surface area (Å²) in [5.41, 5.74) is 1.27. The number of thioether (sulfide) groups is 1. The van der Waals surface area contributed by atoms with E-state index in [4.69, 9.17) is 0 Å². The maximum atomic E-state index is 12.0. The summed E-state index contributed by atoms with van der Waals surface area (Å²) in [6.07, 6.45) is 0. The Labute approximate surface area is 108 Å². The predicted molar refractivity (Wildman–Crippen MR) is 75.1 cm³/mol. The molecule has 1 rings (SSSR count). The van der Waals surface area contributed by atoms with Gasteiger partial charge >= 0.3 is 0 Å². The molecule has 0 unspecified atom stereocenters. The van der Waals surface area contributed by atoms with E-state index in [1.807, 2.05) is 43.9 Å². The van der Waals surface area contributed by atoms with Crippen molar-refractivity contribution in [3.8, 4) is 0 Å². The maximum Gasteiger partial charge on any atom is 0.235 e. The summed E-state index contributed by atoms with van der Waals surface area (Å²) in [6, 6.07) is 10.3. The van der Waals surface area contributed by atoms with Crippen LogP contribution in [0.15, 0.2) is 30.3 Å². The molecule has 3 heteroatoms. The van der Waals surface area contributed by atoms with Gasteiger partial charge in [0, 0.05) is 18.8 Å². The summed E-state index contributed by atoms with van der Waals surface area (Å²) in [5, 5.41) is 0.0371. The minimum Gasteiger partial charge on any atom is -0.342 e. The molecule has 1 aromatic carbocycles. The molecule has 0 N–H and O–H groups in total. The van der Waals surface area contributed by atoms with Gasteiger partial charge in [-0.3, -0.25) is 4.79 Å². The van der Waals surface area contributed by atoms with Gasteiger partial charge in [-0.25, -0.2) is 0 Å². The minimum atomic E-state index is 0.0371. The summed E-state index contributed by atoms with van der Waals surface area (Å²) >= 11 is 1.71. The van der Waals surface area contributed by atoms with E-state index in [1.165, 1.54) is 5.56 Å². The molecule has 0 aliphatic heterocycles. The van der Waals surface area contributed by atoms with Crippen molar-refractivity contribution in [1.29, 1.82) is 0 Å². The lowest BCUT2D eigenvalue weighted by atomic mass is 10.2. The van der Waals surface area contributed by atoms with Crippen molar-refractivity contribution in [1.82, 2.24) is 4.90 Å². The number of benzene rings is 1. The van der Waals surface area contributed by atoms with E-state index in [0.717, 1.165) is 18.8 Å². The third kappa shape index (κ3) is 4.43. The Balaban J connectivity index is 2.44. The number of nitrogens with zero attached hydrogens (tertiary/aromatic N) is 1. The Bertz CT molecular complexity index is 335. The molecule has 0 spiro atoms. The largest absolute Gasteiger partial charge is 0.342 e. The standard InChI is InChI=1S/C14H21NOS/c1-4-15(5-2)14(16)12(3)17-11-13-9-7-6-8-10-13/h6-10,12H,4-5,11H2,1-3H3/t12-/m0/s1. The van der Waals surface area contributed by atoms with Gasteiger partial charge in [0.15, 0.2) is 0 Å². The second kappa shape index (κ2) is 7.38. The van der Waals surface area contributed by atoms with Crippen molar-refractivity contribution in [3.63, 3.8) is 0 Å². The van der Waals surface area contributed by atoms with Gasteiger partial charge in [0.2, 0.25) is 5.91 Å². The highest BCUT2D eigenvalue weighted by Crippen LogP contribution is 2.19. The zero-order valence-electron chi connectivity index (χ0n) is 10.8. The molecule has 0 heterocycles. The smallest absolute Gasteiger partial charge is 0.235 e. The highest BCUT2D eigenvalue weighted by atomic mass is 32.2. The fourth-order valence-corrected chi connectivity index (χ4v) is 2.59. The molecular weight excluding hydrogens is 230 g/mol. The molecule has 0 fully saturated rings. The lowest BCUT2D eigenvalue weighted by Gasteiger charge is -2.22. The molecule has 2 nitrogen and oxygen atoms in total. The van der Waals surface area contributed by atoms with Crippen LogP contribution >= 0.6 is 11.8 Å². The van der Waals surface area contributed by atoms with Crippen LogP contribution in [0.5, 0.6) is 0 Å². The minimum absolute atomic E-state index is 0.0371. The van der Waals surface area contributed by atoms with E-state index in [-0.39, 0.29) is 11.2 Å². The van der Waals surface area contributed by atoms with E-state index in [1.54, 1.807) is 11.8 Å². The number of hydrogen-bond donors (Lipinski definition) is 0. The predicted octanol–water partition coefficient (Wildman–Crippen LogP) is 3.18. The first kappa shape index (κ1) is 14.1. The van der Waals surface area contributed by atoms with Crippen molar-refractivity contribution in [2.45, 2.75) is 31.8 Å². The first-order chi connectivity index (χ1) is 8.19. The van der Waals surface area contributed by atoms with Crippen LogP contribution in [-0.4, -0.2) is 29.1 Å². The van der Waals surface area contributed by atoms with E-state index >= 15 is 0 Å². The molecule has 0 saturated carbocycles. The van der Waals surface area contributed by atoms with Gasteiger partial charge in [-0.05, 0) is 26.3 Å². The van der Waals surface area contributed by atoms with Gasteiger partial charge in [-0.2, -0.15) is 0 Å². The third-order valence-electron chi connectivity index (χ3n) is 2.77. The highest BCUT2D eigenvalue weighted by molar-refractivity contribution is 7.99. The van der Waals surface area contributed by atoms with Gasteiger partial charge in [-0.1, -0.05) is 30.3 Å². The summed E-state index contributed by atoms with van der Waals surface area (Å²) in [7, 11) is 0. The molecule has 0 aliphatic carbocycles. The monoisotopic (exact) mass is 251 g/mol. The Hall–Kier alpha value is -0.960. The Morgan fingerprint density at radius 1 is 1.24 bits per heavy atom. The molecule has 0 radical (unpaired) electrons. The van der Waals surface area contributed by atoms with Crippen molar-refractivity contribution in [2.24, 2.45) is 0 Å². The first-order valence-corrected chi connectivity index (χ1v) is 7.18. The number of carbonyl (C=O) groups excluding carboxylic acids is 1. The van der Waals surface area contributed by atoms with Crippen LogP contribution in [0.2, 0.25) is 0 Å². The molecular formula is C14H21NOS. The summed E-state index contributed by atoms with van der Waals surface area (Å²) in [5.74, 6) is 1.14. The molecule has 0 saturated heterocycles. The van der Waals surface area contributed by atoms with Gasteiger partial charge in [0.1, 0.15) is 0 Å². The van der Waals surface area contributed by atoms with E-state index in [9.17, 15) is 4.79 Å². The molecule has 1 amide bonds. The number of hydrogen-bond acceptors (Lipinski definition) is 2. The number of carbonyl (C=O) groups is 1. The SMILES string of the molecule is CCN(CC)C(=O)[C@H](C)SCc1ccccc1. The number of rotatable bonds is 6. The fraction of sp³-hybridized carbons (Fsp3) is 0.500. The van der Waals surface area contributed by atoms with Gasteiger partial charge in [0.25, 0.3) is 0 Å². The van der Waals surface area contributed by atoms with Gasteiger partial charge in [0.05, 0.1) is 5.25 Å².